The SMILES string of the molecule is CN([C@H]1CCCNC1)S(=O)(=O)c1ccccc1-c1ccc(-c2cnc(N)cn2)c(F)c1. The molecular formula is C22H24FN5O2S. The van der Waals surface area contributed by atoms with Gasteiger partial charge in [-0.25, -0.2) is 17.8 Å². The van der Waals surface area contributed by atoms with Crippen LogP contribution in [0.4, 0.5) is 10.2 Å². The smallest absolute Gasteiger partial charge is 0.243 e. The molecule has 0 radical (unpaired) electrons. The van der Waals surface area contributed by atoms with Crippen LogP contribution in [-0.4, -0.2) is 48.9 Å². The predicted molar refractivity (Wildman–Crippen MR) is 118 cm³/mol. The van der Waals surface area contributed by atoms with Crippen molar-refractivity contribution in [3.63, 3.8) is 0 Å². The molecule has 0 spiro atoms. The molecular weight excluding hydrogens is 417 g/mol. The molecule has 1 saturated heterocycles. The standard InChI is InChI=1S/C22H24FN5O2S/c1-28(16-5-4-10-25-12-16)31(29,30)21-7-3-2-6-17(21)15-8-9-18(19(23)11-15)20-13-27-22(24)14-26-20/h2-3,6-9,11,13-14,16,25H,4-5,10,12H2,1H3,(H2,24,27)/t16-/m0/s1. The fourth-order valence-corrected chi connectivity index (χ4v) is 5.39. The molecule has 0 unspecified atom stereocenters. The first kappa shape index (κ1) is 21.4. The van der Waals surface area contributed by atoms with Crippen LogP contribution in [0.3, 0.4) is 0 Å². The van der Waals surface area contributed by atoms with Crippen molar-refractivity contribution in [2.24, 2.45) is 0 Å². The highest BCUT2D eigenvalue weighted by molar-refractivity contribution is 7.89. The van der Waals surface area contributed by atoms with E-state index in [2.05, 4.69) is 15.3 Å². The Hall–Kier alpha value is -2.88. The van der Waals surface area contributed by atoms with E-state index in [0.717, 1.165) is 19.4 Å². The Morgan fingerprint density at radius 2 is 1.94 bits per heavy atom. The van der Waals surface area contributed by atoms with Gasteiger partial charge in [-0.3, -0.25) is 4.98 Å². The van der Waals surface area contributed by atoms with Crippen LogP contribution in [-0.2, 0) is 10.0 Å². The molecule has 1 atom stereocenters. The van der Waals surface area contributed by atoms with Crippen LogP contribution in [0.5, 0.6) is 0 Å². The number of anilines is 1. The van der Waals surface area contributed by atoms with E-state index in [9.17, 15) is 12.8 Å². The maximum absolute atomic E-state index is 14.9. The van der Waals surface area contributed by atoms with Gasteiger partial charge in [0, 0.05) is 30.8 Å². The molecule has 2 heterocycles. The van der Waals surface area contributed by atoms with Gasteiger partial charge in [0.2, 0.25) is 10.0 Å². The second kappa shape index (κ2) is 8.70. The van der Waals surface area contributed by atoms with Crippen LogP contribution in [0, 0.1) is 5.82 Å². The monoisotopic (exact) mass is 441 g/mol. The molecule has 0 amide bonds. The zero-order chi connectivity index (χ0) is 22.0. The summed E-state index contributed by atoms with van der Waals surface area (Å²) in [6, 6.07) is 11.1. The summed E-state index contributed by atoms with van der Waals surface area (Å²) in [5.41, 5.74) is 7.08. The van der Waals surface area contributed by atoms with Crippen LogP contribution >= 0.6 is 0 Å². The van der Waals surface area contributed by atoms with E-state index >= 15 is 0 Å². The summed E-state index contributed by atoms with van der Waals surface area (Å²) in [7, 11) is -2.16. The van der Waals surface area contributed by atoms with E-state index in [0.29, 0.717) is 23.4 Å². The van der Waals surface area contributed by atoms with Crippen molar-refractivity contribution in [3.05, 3.63) is 60.7 Å². The fourth-order valence-electron chi connectivity index (χ4n) is 3.79. The molecule has 2 aromatic carbocycles. The quantitative estimate of drug-likeness (QED) is 0.631. The average molecular weight is 442 g/mol. The lowest BCUT2D eigenvalue weighted by Gasteiger charge is -2.31. The number of hydrogen-bond donors (Lipinski definition) is 2. The minimum atomic E-state index is -3.76. The highest BCUT2D eigenvalue weighted by atomic mass is 32.2. The number of aromatic nitrogens is 2. The average Bonchev–Trinajstić information content (AvgIpc) is 2.80. The Labute approximate surface area is 181 Å². The van der Waals surface area contributed by atoms with Crippen molar-refractivity contribution in [1.82, 2.24) is 19.6 Å². The van der Waals surface area contributed by atoms with Crippen molar-refractivity contribution in [2.75, 3.05) is 25.9 Å². The fraction of sp³-hybridized carbons (Fsp3) is 0.273. The number of sulfonamides is 1. The zero-order valence-electron chi connectivity index (χ0n) is 17.1. The largest absolute Gasteiger partial charge is 0.382 e. The van der Waals surface area contributed by atoms with Crippen molar-refractivity contribution in [2.45, 2.75) is 23.8 Å². The number of hydrogen-bond acceptors (Lipinski definition) is 6. The van der Waals surface area contributed by atoms with Gasteiger partial charge in [0.15, 0.2) is 0 Å². The minimum Gasteiger partial charge on any atom is -0.382 e. The summed E-state index contributed by atoms with van der Waals surface area (Å²) in [4.78, 5) is 8.21. The second-order valence-electron chi connectivity index (χ2n) is 7.54. The number of piperidine rings is 1. The molecule has 0 saturated carbocycles. The number of halogens is 1. The van der Waals surface area contributed by atoms with Gasteiger partial charge in [-0.2, -0.15) is 4.31 Å². The molecule has 1 aliphatic heterocycles. The number of nitrogens with one attached hydrogen (secondary N) is 1. The van der Waals surface area contributed by atoms with E-state index in [1.54, 1.807) is 43.4 Å². The van der Waals surface area contributed by atoms with Crippen LogP contribution in [0.1, 0.15) is 12.8 Å². The van der Waals surface area contributed by atoms with Crippen molar-refractivity contribution in [3.8, 4) is 22.4 Å². The molecule has 162 valence electrons. The third-order valence-corrected chi connectivity index (χ3v) is 7.53. The Morgan fingerprint density at radius 3 is 2.61 bits per heavy atom. The van der Waals surface area contributed by atoms with Gasteiger partial charge in [0.1, 0.15) is 11.6 Å². The highest BCUT2D eigenvalue weighted by Gasteiger charge is 2.31. The summed E-state index contributed by atoms with van der Waals surface area (Å²) in [5, 5.41) is 3.24. The van der Waals surface area contributed by atoms with Crippen molar-refractivity contribution < 1.29 is 12.8 Å². The summed E-state index contributed by atoms with van der Waals surface area (Å²) in [6.45, 7) is 1.51. The van der Waals surface area contributed by atoms with E-state index in [1.807, 2.05) is 0 Å². The lowest BCUT2D eigenvalue weighted by Crippen LogP contribution is -2.46. The topological polar surface area (TPSA) is 101 Å². The zero-order valence-corrected chi connectivity index (χ0v) is 17.9. The normalized spacial score (nSPS) is 17.1. The Bertz CT molecular complexity index is 1180. The molecule has 3 aromatic rings. The minimum absolute atomic E-state index is 0.116. The molecule has 1 aliphatic rings. The van der Waals surface area contributed by atoms with Crippen LogP contribution in [0.25, 0.3) is 22.4 Å². The van der Waals surface area contributed by atoms with E-state index in [-0.39, 0.29) is 22.3 Å². The summed E-state index contributed by atoms with van der Waals surface area (Å²) >= 11 is 0. The van der Waals surface area contributed by atoms with Crippen LogP contribution in [0.15, 0.2) is 59.8 Å². The molecule has 1 fully saturated rings. The third kappa shape index (κ3) is 4.30. The maximum atomic E-state index is 14.9. The van der Waals surface area contributed by atoms with Crippen molar-refractivity contribution >= 4 is 15.8 Å². The number of nitrogens with zero attached hydrogens (tertiary/aromatic N) is 3. The van der Waals surface area contributed by atoms with E-state index < -0.39 is 15.8 Å². The van der Waals surface area contributed by atoms with Crippen LogP contribution < -0.4 is 11.1 Å². The predicted octanol–water partition coefficient (Wildman–Crippen LogP) is 2.90. The van der Waals surface area contributed by atoms with Crippen LogP contribution in [0.2, 0.25) is 0 Å². The van der Waals surface area contributed by atoms with Gasteiger partial charge in [-0.1, -0.05) is 24.3 Å². The van der Waals surface area contributed by atoms with Gasteiger partial charge in [-0.05, 0) is 43.1 Å². The van der Waals surface area contributed by atoms with Gasteiger partial charge >= 0.3 is 0 Å². The molecule has 1 aromatic heterocycles. The van der Waals surface area contributed by atoms with E-state index in [4.69, 9.17) is 5.73 Å². The Morgan fingerprint density at radius 1 is 1.13 bits per heavy atom. The van der Waals surface area contributed by atoms with Crippen molar-refractivity contribution in [1.29, 1.82) is 0 Å². The maximum Gasteiger partial charge on any atom is 0.243 e. The molecule has 3 N–H and O–H groups in total. The molecule has 0 bridgehead atoms. The second-order valence-corrected chi connectivity index (χ2v) is 9.50. The van der Waals surface area contributed by atoms with Gasteiger partial charge < -0.3 is 11.1 Å². The lowest BCUT2D eigenvalue weighted by molar-refractivity contribution is 0.300. The van der Waals surface area contributed by atoms with Gasteiger partial charge in [0.25, 0.3) is 0 Å². The van der Waals surface area contributed by atoms with E-state index in [1.165, 1.54) is 22.8 Å². The highest BCUT2D eigenvalue weighted by Crippen LogP contribution is 2.33. The molecule has 4 rings (SSSR count). The number of nitrogen functional groups attached to an aromatic ring is 1. The number of nitrogens with two attached hydrogens (primary N) is 1. The first-order valence-electron chi connectivity index (χ1n) is 10.0. The summed E-state index contributed by atoms with van der Waals surface area (Å²) in [5.74, 6) is -0.272. The molecule has 31 heavy (non-hydrogen) atoms. The Balaban J connectivity index is 1.71. The number of likely N-dealkylation sites (N-methyl/N-ethyl adjacent to an activating group) is 1. The molecule has 9 heteroatoms. The first-order valence-corrected chi connectivity index (χ1v) is 11.5. The number of benzene rings is 2. The van der Waals surface area contributed by atoms with Gasteiger partial charge in [-0.15, -0.1) is 0 Å². The molecule has 0 aliphatic carbocycles. The van der Waals surface area contributed by atoms with Gasteiger partial charge in [0.05, 0.1) is 23.0 Å². The number of rotatable bonds is 5. The summed E-state index contributed by atoms with van der Waals surface area (Å²) in [6.07, 6.45) is 4.49. The Kier molecular flexibility index (Phi) is 5.99. The lowest BCUT2D eigenvalue weighted by atomic mass is 10.0. The molecule has 7 nitrogen and oxygen atoms in total. The summed E-state index contributed by atoms with van der Waals surface area (Å²) < 4.78 is 43.2. The third-order valence-electron chi connectivity index (χ3n) is 5.56. The first-order chi connectivity index (χ1) is 14.9.